The number of oxazole rings is 1. The summed E-state index contributed by atoms with van der Waals surface area (Å²) in [6.45, 7) is 4.17. The summed E-state index contributed by atoms with van der Waals surface area (Å²) in [4.78, 5) is 14.6. The van der Waals surface area contributed by atoms with Crippen LogP contribution in [-0.4, -0.2) is 27.5 Å². The minimum atomic E-state index is -0.448. The van der Waals surface area contributed by atoms with Crippen LogP contribution in [-0.2, 0) is 0 Å². The predicted molar refractivity (Wildman–Crippen MR) is 81.4 cm³/mol. The molecule has 1 N–H and O–H groups in total. The van der Waals surface area contributed by atoms with Gasteiger partial charge < -0.3 is 9.73 Å². The molecule has 2 rings (SSSR count). The molecule has 1 heterocycles. The molecule has 1 aromatic carbocycles. The third kappa shape index (κ3) is 3.41. The number of para-hydroxylation sites is 1. The van der Waals surface area contributed by atoms with Gasteiger partial charge in [-0.1, -0.05) is 13.0 Å². The largest absolute Gasteiger partial charge is 0.423 e. The molecule has 7 heteroatoms. The van der Waals surface area contributed by atoms with Crippen LogP contribution >= 0.6 is 11.8 Å². The van der Waals surface area contributed by atoms with E-state index in [0.29, 0.717) is 11.6 Å². The third-order valence-electron chi connectivity index (χ3n) is 2.86. The van der Waals surface area contributed by atoms with E-state index < -0.39 is 4.92 Å². The first kappa shape index (κ1) is 14.6. The molecule has 0 amide bonds. The van der Waals surface area contributed by atoms with E-state index >= 15 is 0 Å². The molecule has 0 saturated carbocycles. The lowest BCUT2D eigenvalue weighted by Crippen LogP contribution is -2.16. The van der Waals surface area contributed by atoms with Crippen LogP contribution in [0.1, 0.15) is 20.3 Å². The minimum absolute atomic E-state index is 0.0338. The Labute approximate surface area is 121 Å². The van der Waals surface area contributed by atoms with Gasteiger partial charge >= 0.3 is 0 Å². The third-order valence-corrected chi connectivity index (χ3v) is 3.80. The number of aromatic nitrogens is 1. The van der Waals surface area contributed by atoms with Crippen LogP contribution in [0, 0.1) is 10.1 Å². The molecule has 0 fully saturated rings. The first-order valence-corrected chi connectivity index (χ1v) is 7.65. The fourth-order valence-electron chi connectivity index (χ4n) is 1.83. The molecule has 0 aliphatic carbocycles. The van der Waals surface area contributed by atoms with Crippen LogP contribution in [0.25, 0.3) is 11.1 Å². The Morgan fingerprint density at radius 2 is 2.35 bits per heavy atom. The zero-order valence-corrected chi connectivity index (χ0v) is 12.3. The molecule has 0 radical (unpaired) electrons. The van der Waals surface area contributed by atoms with E-state index in [0.717, 1.165) is 17.9 Å². The van der Waals surface area contributed by atoms with Gasteiger partial charge in [0.05, 0.1) is 4.92 Å². The molecule has 108 valence electrons. The summed E-state index contributed by atoms with van der Waals surface area (Å²) in [6.07, 6.45) is 0.985. The van der Waals surface area contributed by atoms with Crippen LogP contribution in [0.4, 0.5) is 11.7 Å². The van der Waals surface area contributed by atoms with Crippen molar-refractivity contribution in [2.24, 2.45) is 0 Å². The maximum absolute atomic E-state index is 10.9. The summed E-state index contributed by atoms with van der Waals surface area (Å²) in [6, 6.07) is 5.25. The van der Waals surface area contributed by atoms with Gasteiger partial charge in [-0.3, -0.25) is 10.1 Å². The summed E-state index contributed by atoms with van der Waals surface area (Å²) in [5.74, 6) is 2.16. The van der Waals surface area contributed by atoms with Crippen molar-refractivity contribution in [1.82, 2.24) is 4.98 Å². The molecule has 0 aliphatic rings. The van der Waals surface area contributed by atoms with Gasteiger partial charge in [0.1, 0.15) is 0 Å². The molecule has 0 saturated heterocycles. The number of rotatable bonds is 7. The molecule has 20 heavy (non-hydrogen) atoms. The average molecular weight is 295 g/mol. The van der Waals surface area contributed by atoms with Gasteiger partial charge in [-0.2, -0.15) is 16.7 Å². The van der Waals surface area contributed by atoms with E-state index in [2.05, 4.69) is 17.2 Å². The zero-order chi connectivity index (χ0) is 14.5. The lowest BCUT2D eigenvalue weighted by Gasteiger charge is -2.10. The molecular weight excluding hydrogens is 278 g/mol. The Morgan fingerprint density at radius 1 is 1.55 bits per heavy atom. The second kappa shape index (κ2) is 6.60. The van der Waals surface area contributed by atoms with Crippen molar-refractivity contribution in [2.45, 2.75) is 26.3 Å². The van der Waals surface area contributed by atoms with Crippen molar-refractivity contribution < 1.29 is 9.34 Å². The standard InChI is InChI=1S/C13H17N3O3S/c1-3-20-8-7-9(2)14-13-15-12-10(16(17)18)5-4-6-11(12)19-13/h4-6,9H,3,7-8H2,1-2H3,(H,14,15). The van der Waals surface area contributed by atoms with Crippen molar-refractivity contribution in [3.05, 3.63) is 28.3 Å². The number of thioether (sulfide) groups is 1. The highest BCUT2D eigenvalue weighted by molar-refractivity contribution is 7.99. The summed E-state index contributed by atoms with van der Waals surface area (Å²) in [7, 11) is 0. The van der Waals surface area contributed by atoms with Crippen molar-refractivity contribution in [2.75, 3.05) is 16.8 Å². The number of nitro groups is 1. The Hall–Kier alpha value is -1.76. The van der Waals surface area contributed by atoms with E-state index in [1.807, 2.05) is 18.7 Å². The number of hydrogen-bond donors (Lipinski definition) is 1. The molecule has 1 atom stereocenters. The molecule has 1 unspecified atom stereocenters. The molecule has 0 aliphatic heterocycles. The number of anilines is 1. The molecule has 0 bridgehead atoms. The molecule has 6 nitrogen and oxygen atoms in total. The Bertz CT molecular complexity index is 600. The second-order valence-corrected chi connectivity index (χ2v) is 5.82. The fraction of sp³-hybridized carbons (Fsp3) is 0.462. The highest BCUT2D eigenvalue weighted by Crippen LogP contribution is 2.27. The highest BCUT2D eigenvalue weighted by atomic mass is 32.2. The maximum atomic E-state index is 10.9. The second-order valence-electron chi connectivity index (χ2n) is 4.43. The number of benzene rings is 1. The van der Waals surface area contributed by atoms with Crippen molar-refractivity contribution in [3.63, 3.8) is 0 Å². The van der Waals surface area contributed by atoms with Gasteiger partial charge in [0.15, 0.2) is 11.1 Å². The quantitative estimate of drug-likeness (QED) is 0.476. The van der Waals surface area contributed by atoms with Gasteiger partial charge in [0, 0.05) is 12.1 Å². The van der Waals surface area contributed by atoms with Crippen LogP contribution in [0.2, 0.25) is 0 Å². The van der Waals surface area contributed by atoms with E-state index in [4.69, 9.17) is 4.42 Å². The fourth-order valence-corrected chi connectivity index (χ4v) is 2.64. The number of nitrogens with one attached hydrogen (secondary N) is 1. The van der Waals surface area contributed by atoms with Crippen molar-refractivity contribution in [3.8, 4) is 0 Å². The van der Waals surface area contributed by atoms with Gasteiger partial charge in [0.25, 0.3) is 11.7 Å². The smallest absolute Gasteiger partial charge is 0.298 e. The minimum Gasteiger partial charge on any atom is -0.423 e. The first-order chi connectivity index (χ1) is 9.61. The topological polar surface area (TPSA) is 81.2 Å². The van der Waals surface area contributed by atoms with Gasteiger partial charge in [-0.25, -0.2) is 0 Å². The SMILES string of the molecule is CCSCCC(C)Nc1nc2c([N+](=O)[O-])cccc2o1. The van der Waals surface area contributed by atoms with E-state index in [1.165, 1.54) is 6.07 Å². The Balaban J connectivity index is 2.12. The lowest BCUT2D eigenvalue weighted by atomic mass is 10.3. The summed E-state index contributed by atoms with van der Waals surface area (Å²) >= 11 is 1.88. The zero-order valence-electron chi connectivity index (χ0n) is 11.5. The Kier molecular flexibility index (Phi) is 4.84. The van der Waals surface area contributed by atoms with Crippen LogP contribution in [0.5, 0.6) is 0 Å². The van der Waals surface area contributed by atoms with Crippen molar-refractivity contribution in [1.29, 1.82) is 0 Å². The number of fused-ring (bicyclic) bond motifs is 1. The van der Waals surface area contributed by atoms with Crippen LogP contribution < -0.4 is 5.32 Å². The number of nitrogens with zero attached hydrogens (tertiary/aromatic N) is 2. The van der Waals surface area contributed by atoms with E-state index in [9.17, 15) is 10.1 Å². The first-order valence-electron chi connectivity index (χ1n) is 6.50. The monoisotopic (exact) mass is 295 g/mol. The highest BCUT2D eigenvalue weighted by Gasteiger charge is 2.17. The number of hydrogen-bond acceptors (Lipinski definition) is 6. The molecular formula is C13H17N3O3S. The summed E-state index contributed by atoms with van der Waals surface area (Å²) in [5, 5.41) is 14.1. The average Bonchev–Trinajstić information content (AvgIpc) is 2.80. The van der Waals surface area contributed by atoms with Gasteiger partial charge in [0.2, 0.25) is 0 Å². The lowest BCUT2D eigenvalue weighted by molar-refractivity contribution is -0.383. The normalized spacial score (nSPS) is 12.5. The van der Waals surface area contributed by atoms with E-state index in [1.54, 1.807) is 12.1 Å². The predicted octanol–water partition coefficient (Wildman–Crippen LogP) is 3.68. The molecule has 0 spiro atoms. The maximum Gasteiger partial charge on any atom is 0.298 e. The number of nitro benzene ring substituents is 1. The van der Waals surface area contributed by atoms with E-state index in [-0.39, 0.29) is 17.2 Å². The van der Waals surface area contributed by atoms with Gasteiger partial charge in [-0.05, 0) is 30.9 Å². The van der Waals surface area contributed by atoms with Gasteiger partial charge in [-0.15, -0.1) is 0 Å². The van der Waals surface area contributed by atoms with Crippen LogP contribution in [0.15, 0.2) is 22.6 Å². The molecule has 2 aromatic rings. The Morgan fingerprint density at radius 3 is 3.05 bits per heavy atom. The summed E-state index contributed by atoms with van der Waals surface area (Å²) < 4.78 is 5.50. The van der Waals surface area contributed by atoms with Crippen molar-refractivity contribution >= 4 is 34.6 Å². The molecule has 1 aromatic heterocycles. The number of non-ortho nitro benzene ring substituents is 1. The summed E-state index contributed by atoms with van der Waals surface area (Å²) in [5.41, 5.74) is 0.681. The van der Waals surface area contributed by atoms with Crippen LogP contribution in [0.3, 0.4) is 0 Å².